The number of anilines is 1. The molecule has 5 heteroatoms. The average Bonchev–Trinajstić information content (AvgIpc) is 2.66. The molecule has 0 saturated carbocycles. The number of ketones is 1. The molecule has 0 amide bonds. The summed E-state index contributed by atoms with van der Waals surface area (Å²) in [5.41, 5.74) is 2.32. The lowest BCUT2D eigenvalue weighted by Crippen LogP contribution is -2.12. The Bertz CT molecular complexity index is 850. The van der Waals surface area contributed by atoms with Gasteiger partial charge in [-0.05, 0) is 25.1 Å². The van der Waals surface area contributed by atoms with Crippen LogP contribution in [-0.4, -0.2) is 28.9 Å². The number of carbonyl (C=O) groups excluding carboxylic acids is 1. The quantitative estimate of drug-likeness (QED) is 0.526. The van der Waals surface area contributed by atoms with E-state index in [1.54, 1.807) is 13.0 Å². The van der Waals surface area contributed by atoms with Crippen molar-refractivity contribution in [1.82, 2.24) is 9.97 Å². The third kappa shape index (κ3) is 4.64. The van der Waals surface area contributed by atoms with E-state index in [0.29, 0.717) is 18.7 Å². The Morgan fingerprint density at radius 2 is 1.88 bits per heavy atom. The second-order valence-electron chi connectivity index (χ2n) is 5.51. The Hall–Kier alpha value is -3.21. The van der Waals surface area contributed by atoms with Gasteiger partial charge in [0, 0.05) is 17.2 Å². The van der Waals surface area contributed by atoms with Gasteiger partial charge in [0.05, 0.1) is 12.2 Å². The first-order valence-electron chi connectivity index (χ1n) is 8.07. The number of aromatic nitrogens is 2. The minimum atomic E-state index is 0.0346. The van der Waals surface area contributed by atoms with Crippen LogP contribution in [0.2, 0.25) is 0 Å². The topological polar surface area (TPSA) is 64.1 Å². The molecular formula is C20H19N3O2. The van der Waals surface area contributed by atoms with E-state index in [1.165, 1.54) is 6.33 Å². The maximum absolute atomic E-state index is 11.5. The summed E-state index contributed by atoms with van der Waals surface area (Å²) in [6.45, 7) is 2.71. The summed E-state index contributed by atoms with van der Waals surface area (Å²) < 4.78 is 5.64. The fourth-order valence-corrected chi connectivity index (χ4v) is 2.37. The van der Waals surface area contributed by atoms with Crippen LogP contribution in [0.5, 0.6) is 5.75 Å². The SMILES string of the molecule is CC(=O)c1cccc(-c2cc(NCCOc3ccccc3)ncn2)c1. The van der Waals surface area contributed by atoms with Gasteiger partial charge in [-0.25, -0.2) is 9.97 Å². The third-order valence-electron chi connectivity index (χ3n) is 3.65. The van der Waals surface area contributed by atoms with Crippen molar-refractivity contribution in [2.75, 3.05) is 18.5 Å². The Morgan fingerprint density at radius 3 is 2.68 bits per heavy atom. The summed E-state index contributed by atoms with van der Waals surface area (Å²) in [5.74, 6) is 1.59. The molecule has 0 atom stereocenters. The Morgan fingerprint density at radius 1 is 1.04 bits per heavy atom. The van der Waals surface area contributed by atoms with E-state index in [1.807, 2.05) is 54.6 Å². The van der Waals surface area contributed by atoms with Crippen molar-refractivity contribution < 1.29 is 9.53 Å². The standard InChI is InChI=1S/C20H19N3O2/c1-15(24)16-6-5-7-17(12-16)19-13-20(23-14-22-19)21-10-11-25-18-8-3-2-4-9-18/h2-9,12-14H,10-11H2,1H3,(H,21,22,23). The minimum absolute atomic E-state index is 0.0346. The molecule has 0 bridgehead atoms. The zero-order valence-electron chi connectivity index (χ0n) is 14.0. The number of rotatable bonds is 7. The molecule has 0 saturated heterocycles. The van der Waals surface area contributed by atoms with Crippen LogP contribution in [-0.2, 0) is 0 Å². The molecule has 0 aliphatic rings. The molecule has 1 heterocycles. The summed E-state index contributed by atoms with van der Waals surface area (Å²) in [5, 5.41) is 3.22. The van der Waals surface area contributed by atoms with Gasteiger partial charge in [-0.15, -0.1) is 0 Å². The number of hydrogen-bond donors (Lipinski definition) is 1. The van der Waals surface area contributed by atoms with Crippen molar-refractivity contribution in [2.45, 2.75) is 6.92 Å². The highest BCUT2D eigenvalue weighted by Gasteiger charge is 2.05. The summed E-state index contributed by atoms with van der Waals surface area (Å²) in [6.07, 6.45) is 1.51. The number of para-hydroxylation sites is 1. The first kappa shape index (κ1) is 16.6. The lowest BCUT2D eigenvalue weighted by Gasteiger charge is -2.09. The number of Topliss-reactive ketones (excluding diaryl/α,β-unsaturated/α-hetero) is 1. The minimum Gasteiger partial charge on any atom is -0.492 e. The molecule has 1 aromatic heterocycles. The highest BCUT2D eigenvalue weighted by atomic mass is 16.5. The van der Waals surface area contributed by atoms with Gasteiger partial charge in [0.2, 0.25) is 0 Å². The maximum Gasteiger partial charge on any atom is 0.159 e. The van der Waals surface area contributed by atoms with Gasteiger partial charge in [0.15, 0.2) is 5.78 Å². The Kier molecular flexibility index (Phi) is 5.36. The molecule has 0 aliphatic carbocycles. The van der Waals surface area contributed by atoms with Crippen LogP contribution in [0, 0.1) is 0 Å². The van der Waals surface area contributed by atoms with Crippen molar-refractivity contribution in [3.8, 4) is 17.0 Å². The number of nitrogens with one attached hydrogen (secondary N) is 1. The van der Waals surface area contributed by atoms with E-state index in [0.717, 1.165) is 22.8 Å². The Labute approximate surface area is 146 Å². The van der Waals surface area contributed by atoms with Crippen LogP contribution < -0.4 is 10.1 Å². The van der Waals surface area contributed by atoms with E-state index in [9.17, 15) is 4.79 Å². The third-order valence-corrected chi connectivity index (χ3v) is 3.65. The molecule has 25 heavy (non-hydrogen) atoms. The number of carbonyl (C=O) groups is 1. The summed E-state index contributed by atoms with van der Waals surface area (Å²) in [4.78, 5) is 20.0. The van der Waals surface area contributed by atoms with Crippen LogP contribution in [0.3, 0.4) is 0 Å². The Balaban J connectivity index is 1.61. The number of benzene rings is 2. The van der Waals surface area contributed by atoms with Crippen molar-refractivity contribution in [3.05, 3.63) is 72.6 Å². The van der Waals surface area contributed by atoms with E-state index in [-0.39, 0.29) is 5.78 Å². The number of hydrogen-bond acceptors (Lipinski definition) is 5. The number of ether oxygens (including phenoxy) is 1. The van der Waals surface area contributed by atoms with Gasteiger partial charge >= 0.3 is 0 Å². The summed E-state index contributed by atoms with van der Waals surface area (Å²) in [7, 11) is 0. The predicted molar refractivity (Wildman–Crippen MR) is 97.9 cm³/mol. The molecule has 3 rings (SSSR count). The van der Waals surface area contributed by atoms with E-state index in [2.05, 4.69) is 15.3 Å². The molecule has 2 aromatic carbocycles. The van der Waals surface area contributed by atoms with Gasteiger partial charge < -0.3 is 10.1 Å². The van der Waals surface area contributed by atoms with Crippen LogP contribution in [0.15, 0.2) is 67.0 Å². The molecule has 5 nitrogen and oxygen atoms in total. The highest BCUT2D eigenvalue weighted by Crippen LogP contribution is 2.20. The lowest BCUT2D eigenvalue weighted by molar-refractivity contribution is 0.101. The maximum atomic E-state index is 11.5. The zero-order valence-corrected chi connectivity index (χ0v) is 14.0. The molecule has 0 fully saturated rings. The van der Waals surface area contributed by atoms with Gasteiger partial charge in [-0.1, -0.05) is 36.4 Å². The van der Waals surface area contributed by atoms with Crippen molar-refractivity contribution >= 4 is 11.6 Å². The van der Waals surface area contributed by atoms with E-state index in [4.69, 9.17) is 4.74 Å². The average molecular weight is 333 g/mol. The second kappa shape index (κ2) is 8.06. The highest BCUT2D eigenvalue weighted by molar-refractivity contribution is 5.95. The van der Waals surface area contributed by atoms with Crippen molar-refractivity contribution in [3.63, 3.8) is 0 Å². The van der Waals surface area contributed by atoms with E-state index < -0.39 is 0 Å². The first-order chi connectivity index (χ1) is 12.2. The molecule has 0 radical (unpaired) electrons. The summed E-state index contributed by atoms with van der Waals surface area (Å²) in [6, 6.07) is 19.0. The molecule has 0 unspecified atom stereocenters. The largest absolute Gasteiger partial charge is 0.492 e. The van der Waals surface area contributed by atoms with Crippen LogP contribution in [0.4, 0.5) is 5.82 Å². The zero-order chi connectivity index (χ0) is 17.5. The smallest absolute Gasteiger partial charge is 0.159 e. The normalized spacial score (nSPS) is 10.3. The van der Waals surface area contributed by atoms with Gasteiger partial charge in [0.1, 0.15) is 24.5 Å². The summed E-state index contributed by atoms with van der Waals surface area (Å²) >= 11 is 0. The predicted octanol–water partition coefficient (Wildman–Crippen LogP) is 3.84. The van der Waals surface area contributed by atoms with Crippen LogP contribution in [0.1, 0.15) is 17.3 Å². The van der Waals surface area contributed by atoms with Gasteiger partial charge in [-0.2, -0.15) is 0 Å². The van der Waals surface area contributed by atoms with Crippen molar-refractivity contribution in [2.24, 2.45) is 0 Å². The molecular weight excluding hydrogens is 314 g/mol. The fourth-order valence-electron chi connectivity index (χ4n) is 2.37. The monoisotopic (exact) mass is 333 g/mol. The second-order valence-corrected chi connectivity index (χ2v) is 5.51. The molecule has 3 aromatic rings. The molecule has 1 N–H and O–H groups in total. The van der Waals surface area contributed by atoms with E-state index >= 15 is 0 Å². The lowest BCUT2D eigenvalue weighted by atomic mass is 10.1. The van der Waals surface area contributed by atoms with Gasteiger partial charge in [-0.3, -0.25) is 4.79 Å². The van der Waals surface area contributed by atoms with Crippen molar-refractivity contribution in [1.29, 1.82) is 0 Å². The first-order valence-corrected chi connectivity index (χ1v) is 8.07. The molecule has 0 aliphatic heterocycles. The fraction of sp³-hybridized carbons (Fsp3) is 0.150. The van der Waals surface area contributed by atoms with Crippen LogP contribution >= 0.6 is 0 Å². The molecule has 0 spiro atoms. The van der Waals surface area contributed by atoms with Gasteiger partial charge in [0.25, 0.3) is 0 Å². The van der Waals surface area contributed by atoms with Crippen LogP contribution in [0.25, 0.3) is 11.3 Å². The molecule has 126 valence electrons. The number of nitrogens with zero attached hydrogens (tertiary/aromatic N) is 2.